The Hall–Kier alpha value is -2.87. The quantitative estimate of drug-likeness (QED) is 0.726. The molecule has 9 heteroatoms. The Balaban J connectivity index is 1.70. The van der Waals surface area contributed by atoms with Gasteiger partial charge >= 0.3 is 12.1 Å². The molecule has 142 valence electrons. The van der Waals surface area contributed by atoms with E-state index in [1.165, 1.54) is 0 Å². The lowest BCUT2D eigenvalue weighted by atomic mass is 10.2. The summed E-state index contributed by atoms with van der Waals surface area (Å²) in [5, 5.41) is 4.98. The van der Waals surface area contributed by atoms with Gasteiger partial charge in [-0.3, -0.25) is 9.48 Å². The number of halogens is 1. The molecule has 27 heavy (non-hydrogen) atoms. The van der Waals surface area contributed by atoms with E-state index in [1.807, 2.05) is 18.2 Å². The maximum Gasteiger partial charge on any atom is 0.416 e. The number of carbonyl (C=O) groups is 3. The molecule has 1 aromatic carbocycles. The predicted molar refractivity (Wildman–Crippen MR) is 95.6 cm³/mol. The zero-order valence-corrected chi connectivity index (χ0v) is 15.7. The lowest BCUT2D eigenvalue weighted by Crippen LogP contribution is -2.35. The summed E-state index contributed by atoms with van der Waals surface area (Å²) in [4.78, 5) is 36.7. The largest absolute Gasteiger partial charge is 0.452 e. The molecule has 0 spiro atoms. The molecule has 2 heterocycles. The van der Waals surface area contributed by atoms with Gasteiger partial charge in [0.05, 0.1) is 24.5 Å². The van der Waals surface area contributed by atoms with Crippen LogP contribution in [0, 0.1) is 13.8 Å². The van der Waals surface area contributed by atoms with Crippen molar-refractivity contribution >= 4 is 29.6 Å². The van der Waals surface area contributed by atoms with Gasteiger partial charge in [0.1, 0.15) is 12.2 Å². The second kappa shape index (κ2) is 7.79. The Kier molecular flexibility index (Phi) is 5.46. The van der Waals surface area contributed by atoms with Crippen molar-refractivity contribution in [3.63, 3.8) is 0 Å². The topological polar surface area (TPSA) is 90.7 Å². The van der Waals surface area contributed by atoms with Crippen LogP contribution in [0.3, 0.4) is 0 Å². The summed E-state index contributed by atoms with van der Waals surface area (Å²) in [6, 6.07) is 7.37. The summed E-state index contributed by atoms with van der Waals surface area (Å²) in [6.07, 6.45) is -0.726. The first-order valence-corrected chi connectivity index (χ1v) is 8.68. The number of hydrogen-bond acceptors (Lipinski definition) is 6. The van der Waals surface area contributed by atoms with Crippen molar-refractivity contribution in [2.75, 3.05) is 19.8 Å². The van der Waals surface area contributed by atoms with E-state index in [4.69, 9.17) is 16.3 Å². The van der Waals surface area contributed by atoms with Crippen molar-refractivity contribution in [1.82, 2.24) is 14.7 Å². The summed E-state index contributed by atoms with van der Waals surface area (Å²) in [5.41, 5.74) is 2.24. The van der Waals surface area contributed by atoms with E-state index in [1.54, 1.807) is 24.6 Å². The minimum atomic E-state index is -0.726. The first-order valence-electron chi connectivity index (χ1n) is 8.30. The fraction of sp³-hybridized carbons (Fsp3) is 0.333. The molecule has 1 saturated heterocycles. The first-order chi connectivity index (χ1) is 12.9. The molecular weight excluding hydrogens is 374 g/mol. The maximum atomic E-state index is 12.4. The first kappa shape index (κ1) is 18.9. The van der Waals surface area contributed by atoms with E-state index in [9.17, 15) is 14.4 Å². The molecular formula is C18H18ClN3O5. The van der Waals surface area contributed by atoms with Crippen molar-refractivity contribution in [3.05, 3.63) is 51.8 Å². The van der Waals surface area contributed by atoms with Crippen LogP contribution in [-0.4, -0.2) is 52.4 Å². The Labute approximate surface area is 160 Å². The van der Waals surface area contributed by atoms with Crippen LogP contribution in [-0.2, 0) is 20.8 Å². The van der Waals surface area contributed by atoms with Crippen LogP contribution in [0.2, 0.25) is 5.02 Å². The molecule has 1 aromatic heterocycles. The number of aromatic nitrogens is 2. The average Bonchev–Trinajstić information content (AvgIpc) is 3.18. The van der Waals surface area contributed by atoms with Gasteiger partial charge in [0.15, 0.2) is 6.61 Å². The van der Waals surface area contributed by atoms with Crippen molar-refractivity contribution in [1.29, 1.82) is 0 Å². The van der Waals surface area contributed by atoms with Gasteiger partial charge in [-0.05, 0) is 25.5 Å². The summed E-state index contributed by atoms with van der Waals surface area (Å²) < 4.78 is 11.4. The van der Waals surface area contributed by atoms with Crippen LogP contribution in [0.4, 0.5) is 4.79 Å². The van der Waals surface area contributed by atoms with Crippen LogP contribution in [0.25, 0.3) is 0 Å². The number of esters is 1. The molecule has 0 unspecified atom stereocenters. The highest BCUT2D eigenvalue weighted by Gasteiger charge is 2.29. The van der Waals surface area contributed by atoms with E-state index in [-0.39, 0.29) is 13.2 Å². The summed E-state index contributed by atoms with van der Waals surface area (Å²) in [6.45, 7) is 3.59. The average molecular weight is 392 g/mol. The second-order valence-corrected chi connectivity index (χ2v) is 6.44. The van der Waals surface area contributed by atoms with Gasteiger partial charge < -0.3 is 9.47 Å². The summed E-state index contributed by atoms with van der Waals surface area (Å²) in [7, 11) is 0. The number of nitrogens with zero attached hydrogens (tertiary/aromatic N) is 3. The van der Waals surface area contributed by atoms with E-state index >= 15 is 0 Å². The van der Waals surface area contributed by atoms with Gasteiger partial charge in [-0.15, -0.1) is 0 Å². The normalized spacial score (nSPS) is 13.6. The maximum absolute atomic E-state index is 12.4. The Morgan fingerprint density at radius 3 is 2.70 bits per heavy atom. The number of benzene rings is 1. The molecule has 0 N–H and O–H groups in total. The lowest BCUT2D eigenvalue weighted by Gasteiger charge is -2.11. The number of rotatable bonds is 5. The monoisotopic (exact) mass is 391 g/mol. The fourth-order valence-corrected chi connectivity index (χ4v) is 3.03. The Morgan fingerprint density at radius 1 is 1.30 bits per heavy atom. The van der Waals surface area contributed by atoms with Gasteiger partial charge in [-0.2, -0.15) is 5.10 Å². The van der Waals surface area contributed by atoms with E-state index in [2.05, 4.69) is 9.84 Å². The summed E-state index contributed by atoms with van der Waals surface area (Å²) >= 11 is 6.18. The third kappa shape index (κ3) is 3.95. The van der Waals surface area contributed by atoms with E-state index in [0.717, 1.165) is 10.5 Å². The molecule has 0 aliphatic carbocycles. The minimum absolute atomic E-state index is 0.144. The third-order valence-corrected chi connectivity index (χ3v) is 4.62. The van der Waals surface area contributed by atoms with Gasteiger partial charge in [-0.1, -0.05) is 29.8 Å². The van der Waals surface area contributed by atoms with Crippen LogP contribution in [0.1, 0.15) is 27.3 Å². The number of imide groups is 1. The molecule has 8 nitrogen and oxygen atoms in total. The number of aryl methyl sites for hydroxylation is 1. The fourth-order valence-electron chi connectivity index (χ4n) is 2.83. The zero-order chi connectivity index (χ0) is 19.6. The molecule has 3 rings (SSSR count). The molecule has 2 aromatic rings. The highest BCUT2D eigenvalue weighted by molar-refractivity contribution is 6.31. The van der Waals surface area contributed by atoms with E-state index < -0.39 is 24.6 Å². The van der Waals surface area contributed by atoms with Gasteiger partial charge in [0.25, 0.3) is 5.91 Å². The van der Waals surface area contributed by atoms with Crippen LogP contribution in [0.5, 0.6) is 0 Å². The van der Waals surface area contributed by atoms with Crippen molar-refractivity contribution in [3.8, 4) is 0 Å². The van der Waals surface area contributed by atoms with Crippen molar-refractivity contribution in [2.45, 2.75) is 20.4 Å². The molecule has 0 atom stereocenters. The number of cyclic esters (lactones) is 1. The molecule has 1 fully saturated rings. The minimum Gasteiger partial charge on any atom is -0.452 e. The Morgan fingerprint density at radius 2 is 2.04 bits per heavy atom. The molecule has 2 amide bonds. The standard InChI is InChI=1S/C18H18ClN3O5/c1-11-16(17(24)27-10-15(23)21-7-8-26-18(21)25)12(2)22(20-11)9-13-5-3-4-6-14(13)19/h3-6H,7-10H2,1-2H3. The zero-order valence-electron chi connectivity index (χ0n) is 14.9. The SMILES string of the molecule is Cc1nn(Cc2ccccc2Cl)c(C)c1C(=O)OCC(=O)N1CCOC1=O. The van der Waals surface area contributed by atoms with E-state index in [0.29, 0.717) is 28.5 Å². The van der Waals surface area contributed by atoms with Gasteiger partial charge in [0.2, 0.25) is 0 Å². The lowest BCUT2D eigenvalue weighted by molar-refractivity contribution is -0.131. The molecule has 0 saturated carbocycles. The molecule has 0 radical (unpaired) electrons. The van der Waals surface area contributed by atoms with Crippen molar-refractivity contribution < 1.29 is 23.9 Å². The number of hydrogen-bond donors (Lipinski definition) is 0. The smallest absolute Gasteiger partial charge is 0.416 e. The number of amides is 2. The third-order valence-electron chi connectivity index (χ3n) is 4.25. The highest BCUT2D eigenvalue weighted by Crippen LogP contribution is 2.20. The second-order valence-electron chi connectivity index (χ2n) is 6.03. The predicted octanol–water partition coefficient (Wildman–Crippen LogP) is 2.34. The number of carbonyl (C=O) groups excluding carboxylic acids is 3. The van der Waals surface area contributed by atoms with Gasteiger partial charge in [0, 0.05) is 5.02 Å². The van der Waals surface area contributed by atoms with Crippen LogP contribution in [0.15, 0.2) is 24.3 Å². The molecule has 1 aliphatic heterocycles. The Bertz CT molecular complexity index is 908. The highest BCUT2D eigenvalue weighted by atomic mass is 35.5. The number of ether oxygens (including phenoxy) is 2. The van der Waals surface area contributed by atoms with Crippen LogP contribution >= 0.6 is 11.6 Å². The summed E-state index contributed by atoms with van der Waals surface area (Å²) in [5.74, 6) is -1.29. The van der Waals surface area contributed by atoms with Crippen LogP contribution < -0.4 is 0 Å². The van der Waals surface area contributed by atoms with Crippen molar-refractivity contribution in [2.24, 2.45) is 0 Å². The van der Waals surface area contributed by atoms with Gasteiger partial charge in [-0.25, -0.2) is 14.5 Å². The molecule has 1 aliphatic rings. The molecule has 0 bridgehead atoms.